The second-order valence-corrected chi connectivity index (χ2v) is 10.7. The summed E-state index contributed by atoms with van der Waals surface area (Å²) in [5, 5.41) is 5.96. The molecule has 0 aliphatic carbocycles. The molecular weight excluding hydrogens is 494 g/mol. The standard InChI is InChI=1S/C35H21N3S/c1-3-11-22(12-4-1)31-29(21-36-35(38-31)23-13-5-2-6-14-23)32-26-17-8-7-15-24(26)27-19-20-28-25-16-9-10-18-30(25)39-34(28)33(27)37-32/h1-21H. The van der Waals surface area contributed by atoms with E-state index in [9.17, 15) is 0 Å². The minimum absolute atomic E-state index is 0.704. The van der Waals surface area contributed by atoms with Crippen molar-refractivity contribution < 1.29 is 0 Å². The molecule has 0 spiro atoms. The first-order valence-electron chi connectivity index (χ1n) is 13.0. The van der Waals surface area contributed by atoms with Crippen LogP contribution in [0.1, 0.15) is 0 Å². The fourth-order valence-electron chi connectivity index (χ4n) is 5.50. The van der Waals surface area contributed by atoms with Gasteiger partial charge in [-0.2, -0.15) is 0 Å². The number of hydrogen-bond donors (Lipinski definition) is 0. The minimum Gasteiger partial charge on any atom is -0.245 e. The maximum absolute atomic E-state index is 5.42. The molecule has 3 aromatic heterocycles. The summed E-state index contributed by atoms with van der Waals surface area (Å²) < 4.78 is 2.49. The summed E-state index contributed by atoms with van der Waals surface area (Å²) in [6.45, 7) is 0. The SMILES string of the molecule is c1ccc(-c2ncc(-c3nc4c(ccc5c6ccccc6sc54)c4ccccc34)c(-c3ccccc3)n2)cc1. The zero-order valence-corrected chi connectivity index (χ0v) is 21.7. The Morgan fingerprint density at radius 2 is 1.10 bits per heavy atom. The van der Waals surface area contributed by atoms with Crippen molar-refractivity contribution in [2.45, 2.75) is 0 Å². The largest absolute Gasteiger partial charge is 0.245 e. The number of fused-ring (bicyclic) bond motifs is 7. The lowest BCUT2D eigenvalue weighted by molar-refractivity contribution is 1.18. The van der Waals surface area contributed by atoms with Gasteiger partial charge in [-0.1, -0.05) is 115 Å². The monoisotopic (exact) mass is 515 g/mol. The molecule has 182 valence electrons. The van der Waals surface area contributed by atoms with E-state index in [2.05, 4.69) is 84.9 Å². The summed E-state index contributed by atoms with van der Waals surface area (Å²) in [4.78, 5) is 15.4. The van der Waals surface area contributed by atoms with Gasteiger partial charge in [-0.15, -0.1) is 11.3 Å². The fraction of sp³-hybridized carbons (Fsp3) is 0. The van der Waals surface area contributed by atoms with Gasteiger partial charge in [0.05, 0.1) is 21.6 Å². The molecule has 5 aromatic carbocycles. The van der Waals surface area contributed by atoms with Gasteiger partial charge in [0.25, 0.3) is 0 Å². The highest BCUT2D eigenvalue weighted by Gasteiger charge is 2.19. The Morgan fingerprint density at radius 3 is 1.90 bits per heavy atom. The highest BCUT2D eigenvalue weighted by Crippen LogP contribution is 2.42. The molecule has 0 radical (unpaired) electrons. The van der Waals surface area contributed by atoms with Crippen molar-refractivity contribution in [3.8, 4) is 33.9 Å². The van der Waals surface area contributed by atoms with E-state index in [1.165, 1.54) is 25.6 Å². The van der Waals surface area contributed by atoms with E-state index in [0.717, 1.165) is 44.4 Å². The van der Waals surface area contributed by atoms with Crippen LogP contribution in [-0.2, 0) is 0 Å². The van der Waals surface area contributed by atoms with E-state index in [1.807, 2.05) is 53.9 Å². The molecule has 39 heavy (non-hydrogen) atoms. The maximum atomic E-state index is 5.42. The van der Waals surface area contributed by atoms with Gasteiger partial charge in [-0.25, -0.2) is 15.0 Å². The lowest BCUT2D eigenvalue weighted by Gasteiger charge is -2.14. The third-order valence-electron chi connectivity index (χ3n) is 7.34. The summed E-state index contributed by atoms with van der Waals surface area (Å²) in [5.74, 6) is 0.704. The first-order valence-corrected chi connectivity index (χ1v) is 13.8. The van der Waals surface area contributed by atoms with E-state index < -0.39 is 0 Å². The van der Waals surface area contributed by atoms with Crippen molar-refractivity contribution >= 4 is 53.2 Å². The average Bonchev–Trinajstić information content (AvgIpc) is 3.40. The number of hydrogen-bond acceptors (Lipinski definition) is 4. The van der Waals surface area contributed by atoms with Crippen molar-refractivity contribution in [3.63, 3.8) is 0 Å². The third kappa shape index (κ3) is 3.53. The Morgan fingerprint density at radius 1 is 0.462 bits per heavy atom. The van der Waals surface area contributed by atoms with E-state index in [4.69, 9.17) is 15.0 Å². The molecule has 4 heteroatoms. The Balaban J connectivity index is 1.48. The molecule has 0 unspecified atom stereocenters. The van der Waals surface area contributed by atoms with Gasteiger partial charge in [-0.05, 0) is 11.5 Å². The minimum atomic E-state index is 0.704. The zero-order valence-electron chi connectivity index (χ0n) is 20.9. The van der Waals surface area contributed by atoms with E-state index in [0.29, 0.717) is 5.82 Å². The molecule has 0 atom stereocenters. The molecular formula is C35H21N3S. The summed E-state index contributed by atoms with van der Waals surface area (Å²) >= 11 is 1.81. The summed E-state index contributed by atoms with van der Waals surface area (Å²) in [6, 6.07) is 42.1. The lowest BCUT2D eigenvalue weighted by atomic mass is 9.97. The predicted molar refractivity (Wildman–Crippen MR) is 164 cm³/mol. The van der Waals surface area contributed by atoms with Gasteiger partial charge in [0.2, 0.25) is 0 Å². The molecule has 0 aliphatic rings. The topological polar surface area (TPSA) is 38.7 Å². The molecule has 3 heterocycles. The highest BCUT2D eigenvalue weighted by atomic mass is 32.1. The second kappa shape index (κ2) is 8.83. The Kier molecular flexibility index (Phi) is 5.00. The maximum Gasteiger partial charge on any atom is 0.159 e. The molecule has 3 nitrogen and oxygen atoms in total. The summed E-state index contributed by atoms with van der Waals surface area (Å²) in [7, 11) is 0. The van der Waals surface area contributed by atoms with E-state index in [1.54, 1.807) is 0 Å². The number of pyridine rings is 1. The smallest absolute Gasteiger partial charge is 0.159 e. The Labute approximate surface area is 229 Å². The quantitative estimate of drug-likeness (QED) is 0.220. The normalized spacial score (nSPS) is 11.6. The first kappa shape index (κ1) is 22.1. The lowest BCUT2D eigenvalue weighted by Crippen LogP contribution is -1.98. The van der Waals surface area contributed by atoms with Crippen LogP contribution < -0.4 is 0 Å². The van der Waals surface area contributed by atoms with Crippen molar-refractivity contribution in [3.05, 3.63) is 128 Å². The van der Waals surface area contributed by atoms with Gasteiger partial charge >= 0.3 is 0 Å². The molecule has 0 bridgehead atoms. The molecule has 8 aromatic rings. The van der Waals surface area contributed by atoms with Crippen molar-refractivity contribution in [2.24, 2.45) is 0 Å². The van der Waals surface area contributed by atoms with Crippen molar-refractivity contribution in [2.75, 3.05) is 0 Å². The third-order valence-corrected chi connectivity index (χ3v) is 8.53. The second-order valence-electron chi connectivity index (χ2n) is 9.63. The van der Waals surface area contributed by atoms with Crippen LogP contribution in [0, 0.1) is 0 Å². The first-order chi connectivity index (χ1) is 19.3. The van der Waals surface area contributed by atoms with Gasteiger partial charge in [0.1, 0.15) is 0 Å². The van der Waals surface area contributed by atoms with Gasteiger partial charge in [-0.3, -0.25) is 0 Å². The Bertz CT molecular complexity index is 2170. The van der Waals surface area contributed by atoms with E-state index in [-0.39, 0.29) is 0 Å². The molecule has 0 saturated carbocycles. The van der Waals surface area contributed by atoms with Gasteiger partial charge < -0.3 is 0 Å². The number of nitrogens with zero attached hydrogens (tertiary/aromatic N) is 3. The molecule has 8 rings (SSSR count). The van der Waals surface area contributed by atoms with Crippen LogP contribution in [0.25, 0.3) is 75.8 Å². The van der Waals surface area contributed by atoms with Gasteiger partial charge in [0.15, 0.2) is 5.82 Å². The van der Waals surface area contributed by atoms with Crippen LogP contribution in [0.3, 0.4) is 0 Å². The number of thiophene rings is 1. The molecule has 0 amide bonds. The number of benzene rings is 5. The number of rotatable bonds is 3. The summed E-state index contributed by atoms with van der Waals surface area (Å²) in [6.07, 6.45) is 1.95. The average molecular weight is 516 g/mol. The van der Waals surface area contributed by atoms with Crippen molar-refractivity contribution in [1.82, 2.24) is 15.0 Å². The highest BCUT2D eigenvalue weighted by molar-refractivity contribution is 7.26. The van der Waals surface area contributed by atoms with Crippen LogP contribution in [0.4, 0.5) is 0 Å². The van der Waals surface area contributed by atoms with Crippen LogP contribution in [0.5, 0.6) is 0 Å². The Hall–Kier alpha value is -4.93. The zero-order chi connectivity index (χ0) is 25.8. The molecule has 0 aliphatic heterocycles. The van der Waals surface area contributed by atoms with Crippen LogP contribution in [-0.4, -0.2) is 15.0 Å². The van der Waals surface area contributed by atoms with E-state index >= 15 is 0 Å². The van der Waals surface area contributed by atoms with Crippen LogP contribution in [0.15, 0.2) is 128 Å². The van der Waals surface area contributed by atoms with Crippen molar-refractivity contribution in [1.29, 1.82) is 0 Å². The predicted octanol–water partition coefficient (Wildman–Crippen LogP) is 9.55. The number of aromatic nitrogens is 3. The fourth-order valence-corrected chi connectivity index (χ4v) is 6.70. The van der Waals surface area contributed by atoms with Crippen LogP contribution >= 0.6 is 11.3 Å². The molecule has 0 saturated heterocycles. The summed E-state index contributed by atoms with van der Waals surface area (Å²) in [5.41, 5.74) is 5.76. The molecule has 0 N–H and O–H groups in total. The van der Waals surface area contributed by atoms with Gasteiger partial charge in [0, 0.05) is 49.1 Å². The van der Waals surface area contributed by atoms with Crippen LogP contribution in [0.2, 0.25) is 0 Å². The molecule has 0 fully saturated rings.